The summed E-state index contributed by atoms with van der Waals surface area (Å²) in [5.74, 6) is 1.52. The maximum atomic E-state index is 13.9. The van der Waals surface area contributed by atoms with E-state index in [0.717, 1.165) is 67.0 Å². The van der Waals surface area contributed by atoms with E-state index in [9.17, 15) is 4.39 Å². The molecule has 2 N–H and O–H groups in total. The highest BCUT2D eigenvalue weighted by Gasteiger charge is 2.23. The zero-order valence-corrected chi connectivity index (χ0v) is 21.6. The molecule has 1 unspecified atom stereocenters. The fourth-order valence-corrected chi connectivity index (χ4v) is 4.98. The summed E-state index contributed by atoms with van der Waals surface area (Å²) in [6.07, 6.45) is 2.97. The number of rotatable bonds is 7. The largest absolute Gasteiger partial charge is 0.339 e. The molecule has 6 nitrogen and oxygen atoms in total. The number of anilines is 2. The highest BCUT2D eigenvalue weighted by Crippen LogP contribution is 2.25. The van der Waals surface area contributed by atoms with Crippen LogP contribution in [-0.2, 0) is 13.0 Å². The first-order valence-corrected chi connectivity index (χ1v) is 13.0. The van der Waals surface area contributed by atoms with Gasteiger partial charge in [0.05, 0.1) is 0 Å². The first kappa shape index (κ1) is 25.0. The van der Waals surface area contributed by atoms with E-state index in [2.05, 4.69) is 25.7 Å². The van der Waals surface area contributed by atoms with Crippen LogP contribution in [0.5, 0.6) is 0 Å². The monoisotopic (exact) mass is 515 g/mol. The molecule has 4 aromatic rings. The van der Waals surface area contributed by atoms with Crippen LogP contribution >= 0.6 is 12.2 Å². The topological polar surface area (TPSA) is 66.2 Å². The fraction of sp³-hybridized carbons (Fsp3) is 0.276. The van der Waals surface area contributed by atoms with Gasteiger partial charge in [-0.05, 0) is 98.0 Å². The summed E-state index contributed by atoms with van der Waals surface area (Å²) < 4.78 is 19.5. The molecule has 1 aliphatic rings. The van der Waals surface area contributed by atoms with Crippen LogP contribution in [0.1, 0.15) is 29.9 Å². The first-order valence-electron chi connectivity index (χ1n) is 12.6. The summed E-state index contributed by atoms with van der Waals surface area (Å²) >= 11 is 5.40. The summed E-state index contributed by atoms with van der Waals surface area (Å²) in [5, 5.41) is 11.1. The molecule has 1 aromatic heterocycles. The summed E-state index contributed by atoms with van der Waals surface area (Å²) in [6.45, 7) is 4.57. The third-order valence-corrected chi connectivity index (χ3v) is 6.95. The van der Waals surface area contributed by atoms with Crippen molar-refractivity contribution in [1.29, 1.82) is 0 Å². The third-order valence-electron chi connectivity index (χ3n) is 6.74. The van der Waals surface area contributed by atoms with Crippen LogP contribution < -0.4 is 10.6 Å². The Balaban J connectivity index is 1.15. The molecular formula is C29H30FN5OS. The van der Waals surface area contributed by atoms with E-state index in [1.54, 1.807) is 6.07 Å². The van der Waals surface area contributed by atoms with Crippen molar-refractivity contribution in [3.05, 3.63) is 95.6 Å². The highest BCUT2D eigenvalue weighted by atomic mass is 32.1. The van der Waals surface area contributed by atoms with Crippen molar-refractivity contribution in [1.82, 2.24) is 15.0 Å². The quantitative estimate of drug-likeness (QED) is 0.274. The van der Waals surface area contributed by atoms with Crippen LogP contribution in [0.2, 0.25) is 0 Å². The molecule has 1 aliphatic heterocycles. The summed E-state index contributed by atoms with van der Waals surface area (Å²) in [5.41, 5.74) is 4.48. The number of thiocarbonyl (C=S) groups is 1. The van der Waals surface area contributed by atoms with Crippen LogP contribution in [0.15, 0.2) is 77.3 Å². The third kappa shape index (κ3) is 6.58. The number of piperidine rings is 1. The van der Waals surface area contributed by atoms with Crippen molar-refractivity contribution in [2.45, 2.75) is 32.7 Å². The molecule has 2 heterocycles. The van der Waals surface area contributed by atoms with E-state index >= 15 is 0 Å². The molecule has 37 heavy (non-hydrogen) atoms. The predicted octanol–water partition coefficient (Wildman–Crippen LogP) is 6.45. The van der Waals surface area contributed by atoms with Crippen molar-refractivity contribution in [3.63, 3.8) is 0 Å². The maximum absolute atomic E-state index is 13.9. The Morgan fingerprint density at radius 2 is 1.78 bits per heavy atom. The van der Waals surface area contributed by atoms with E-state index < -0.39 is 0 Å². The van der Waals surface area contributed by atoms with Gasteiger partial charge in [0.1, 0.15) is 5.82 Å². The minimum absolute atomic E-state index is 0.139. The van der Waals surface area contributed by atoms with Gasteiger partial charge < -0.3 is 15.2 Å². The Bertz CT molecular complexity index is 1340. The molecule has 5 rings (SSSR count). The van der Waals surface area contributed by atoms with Crippen molar-refractivity contribution in [2.24, 2.45) is 5.92 Å². The van der Waals surface area contributed by atoms with Crippen LogP contribution in [0.3, 0.4) is 0 Å². The zero-order chi connectivity index (χ0) is 25.6. The van der Waals surface area contributed by atoms with Crippen LogP contribution in [0.4, 0.5) is 15.8 Å². The number of nitrogens with zero attached hydrogens (tertiary/aromatic N) is 3. The number of likely N-dealkylation sites (tertiary alicyclic amines) is 1. The normalized spacial score (nSPS) is 15.9. The molecule has 0 bridgehead atoms. The molecule has 1 fully saturated rings. The maximum Gasteiger partial charge on any atom is 0.227 e. The number of halogens is 1. The Labute approximate surface area is 221 Å². The Kier molecular flexibility index (Phi) is 7.87. The molecule has 0 saturated carbocycles. The molecule has 8 heteroatoms. The Morgan fingerprint density at radius 1 is 1.03 bits per heavy atom. The molecule has 0 radical (unpaired) electrons. The highest BCUT2D eigenvalue weighted by molar-refractivity contribution is 7.80. The van der Waals surface area contributed by atoms with Gasteiger partial charge in [0, 0.05) is 36.4 Å². The fourth-order valence-electron chi connectivity index (χ4n) is 4.75. The number of hydrogen-bond acceptors (Lipinski definition) is 5. The lowest BCUT2D eigenvalue weighted by atomic mass is 9.94. The molecular weight excluding hydrogens is 485 g/mol. The van der Waals surface area contributed by atoms with Crippen LogP contribution in [0.25, 0.3) is 11.4 Å². The first-order chi connectivity index (χ1) is 18.0. The van der Waals surface area contributed by atoms with Crippen molar-refractivity contribution in [2.75, 3.05) is 23.7 Å². The second-order valence-electron chi connectivity index (χ2n) is 9.51. The van der Waals surface area contributed by atoms with Gasteiger partial charge in [-0.2, -0.15) is 4.98 Å². The SMILES string of the molecule is Cc1c(F)cccc1CN1CCCC(Cc2nc(-c3ccc(NC(=S)Nc4ccccc4)cc3)no2)C1. The molecule has 3 aromatic carbocycles. The molecule has 1 saturated heterocycles. The van der Waals surface area contributed by atoms with Gasteiger partial charge in [-0.15, -0.1) is 0 Å². The number of para-hydroxylation sites is 1. The zero-order valence-electron chi connectivity index (χ0n) is 20.8. The second-order valence-corrected chi connectivity index (χ2v) is 9.91. The van der Waals surface area contributed by atoms with Gasteiger partial charge in [0.15, 0.2) is 5.11 Å². The van der Waals surface area contributed by atoms with Crippen LogP contribution in [-0.4, -0.2) is 33.2 Å². The minimum atomic E-state index is -0.139. The molecule has 0 spiro atoms. The lowest BCUT2D eigenvalue weighted by molar-refractivity contribution is 0.160. The van der Waals surface area contributed by atoms with Gasteiger partial charge in [-0.25, -0.2) is 4.39 Å². The van der Waals surface area contributed by atoms with E-state index in [-0.39, 0.29) is 5.82 Å². The summed E-state index contributed by atoms with van der Waals surface area (Å²) in [4.78, 5) is 7.05. The lowest BCUT2D eigenvalue weighted by Crippen LogP contribution is -2.36. The average Bonchev–Trinajstić information content (AvgIpc) is 3.36. The van der Waals surface area contributed by atoms with Crippen molar-refractivity contribution >= 4 is 28.7 Å². The number of aromatic nitrogens is 2. The second kappa shape index (κ2) is 11.6. The number of hydrogen-bond donors (Lipinski definition) is 2. The van der Waals surface area contributed by atoms with Gasteiger partial charge in [0.25, 0.3) is 0 Å². The minimum Gasteiger partial charge on any atom is -0.339 e. The van der Waals surface area contributed by atoms with E-state index in [1.165, 1.54) is 6.07 Å². The Hall–Kier alpha value is -3.62. The average molecular weight is 516 g/mol. The van der Waals surface area contributed by atoms with Crippen molar-refractivity contribution in [3.8, 4) is 11.4 Å². The van der Waals surface area contributed by atoms with Crippen LogP contribution in [0, 0.1) is 18.7 Å². The predicted molar refractivity (Wildman–Crippen MR) is 149 cm³/mol. The standard InChI is InChI=1S/C29H30FN5OS/c1-20-23(8-5-11-26(20)30)19-35-16-6-7-21(18-35)17-27-33-28(34-36-27)22-12-14-25(15-13-22)32-29(37)31-24-9-3-2-4-10-24/h2-5,8-15,21H,6-7,16-19H2,1H3,(H2,31,32,37). The lowest BCUT2D eigenvalue weighted by Gasteiger charge is -2.32. The van der Waals surface area contributed by atoms with Gasteiger partial charge in [0.2, 0.25) is 11.7 Å². The van der Waals surface area contributed by atoms with E-state index in [0.29, 0.717) is 22.7 Å². The smallest absolute Gasteiger partial charge is 0.227 e. The summed E-state index contributed by atoms with van der Waals surface area (Å²) in [6, 6.07) is 22.9. The molecule has 0 amide bonds. The number of nitrogens with one attached hydrogen (secondary N) is 2. The number of benzene rings is 3. The van der Waals surface area contributed by atoms with E-state index in [4.69, 9.17) is 16.7 Å². The van der Waals surface area contributed by atoms with Crippen molar-refractivity contribution < 1.29 is 8.91 Å². The van der Waals surface area contributed by atoms with Gasteiger partial charge in [-0.3, -0.25) is 4.90 Å². The van der Waals surface area contributed by atoms with E-state index in [1.807, 2.05) is 67.6 Å². The Morgan fingerprint density at radius 3 is 2.57 bits per heavy atom. The van der Waals surface area contributed by atoms with Gasteiger partial charge >= 0.3 is 0 Å². The van der Waals surface area contributed by atoms with Gasteiger partial charge in [-0.1, -0.05) is 35.5 Å². The molecule has 0 aliphatic carbocycles. The summed E-state index contributed by atoms with van der Waals surface area (Å²) in [7, 11) is 0. The molecule has 190 valence electrons. The molecule has 1 atom stereocenters.